The van der Waals surface area contributed by atoms with Gasteiger partial charge in [0.05, 0.1) is 28.0 Å². The van der Waals surface area contributed by atoms with Crippen molar-refractivity contribution < 1.29 is 18.3 Å². The number of nitrogens with two attached hydrogens (primary N) is 1. The first-order valence-electron chi connectivity index (χ1n) is 11.8. The minimum absolute atomic E-state index is 0.00775. The third kappa shape index (κ3) is 5.16. The Kier molecular flexibility index (Phi) is 6.98. The van der Waals surface area contributed by atoms with Crippen molar-refractivity contribution in [1.29, 1.82) is 5.41 Å². The largest absolute Gasteiger partial charge is 0.480 e. The number of anilines is 1. The molecule has 0 atom stereocenters. The van der Waals surface area contributed by atoms with Crippen LogP contribution in [0.15, 0.2) is 88.8 Å². The maximum atomic E-state index is 13.8. The van der Waals surface area contributed by atoms with Gasteiger partial charge in [0.15, 0.2) is 0 Å². The second-order valence-corrected chi connectivity index (χ2v) is 11.6. The Hall–Kier alpha value is -4.42. The number of benzene rings is 3. The normalized spacial score (nSPS) is 11.6. The first kappa shape index (κ1) is 26.2. The van der Waals surface area contributed by atoms with E-state index in [2.05, 4.69) is 4.98 Å². The third-order valence-electron chi connectivity index (χ3n) is 6.22. The van der Waals surface area contributed by atoms with Crippen molar-refractivity contribution in [2.75, 3.05) is 10.8 Å². The number of thioether (sulfide) groups is 1. The summed E-state index contributed by atoms with van der Waals surface area (Å²) in [5.41, 5.74) is 7.95. The molecule has 0 saturated carbocycles. The number of carboxylic acids is 1. The Balaban J connectivity index is 1.49. The lowest BCUT2D eigenvalue weighted by atomic mass is 10.2. The number of carboxylic acid groups (broad SMARTS) is 1. The number of imidazole rings is 1. The standard InChI is InChI=1S/C27H24N6O4S2/c1-32-22-12-9-19(14-21(22)31-24(32)16-38-20-10-7-18(8-11-20)27(28)29)33(15-25(34)35)39(36,37)23-6-2-4-17-5-3-13-30-26(17)23/h2-14H,15-16H2,1H3,(H3,28,29)(H,34,35). The summed E-state index contributed by atoms with van der Waals surface area (Å²) in [7, 11) is -2.40. The van der Waals surface area contributed by atoms with Gasteiger partial charge in [-0.3, -0.25) is 19.5 Å². The molecular weight excluding hydrogens is 536 g/mol. The molecule has 0 aliphatic heterocycles. The molecule has 10 nitrogen and oxygen atoms in total. The maximum Gasteiger partial charge on any atom is 0.324 e. The molecule has 0 unspecified atom stereocenters. The van der Waals surface area contributed by atoms with Gasteiger partial charge in [-0.1, -0.05) is 30.3 Å². The van der Waals surface area contributed by atoms with Crippen LogP contribution in [0.5, 0.6) is 0 Å². The minimum atomic E-state index is -4.28. The van der Waals surface area contributed by atoms with Crippen molar-refractivity contribution in [3.63, 3.8) is 0 Å². The molecule has 0 radical (unpaired) electrons. The van der Waals surface area contributed by atoms with Gasteiger partial charge in [-0.25, -0.2) is 13.4 Å². The fourth-order valence-corrected chi connectivity index (χ4v) is 6.70. The highest BCUT2D eigenvalue weighted by molar-refractivity contribution is 7.98. The van der Waals surface area contributed by atoms with Crippen LogP contribution in [0.25, 0.3) is 21.9 Å². The highest BCUT2D eigenvalue weighted by Crippen LogP contribution is 2.31. The number of carbonyl (C=O) groups is 1. The lowest BCUT2D eigenvalue weighted by Crippen LogP contribution is -2.36. The van der Waals surface area contributed by atoms with Crippen molar-refractivity contribution in [3.05, 3.63) is 90.4 Å². The number of sulfonamides is 1. The summed E-state index contributed by atoms with van der Waals surface area (Å²) in [4.78, 5) is 21.6. The monoisotopic (exact) mass is 560 g/mol. The Bertz CT molecular complexity index is 1830. The van der Waals surface area contributed by atoms with Crippen LogP contribution < -0.4 is 10.0 Å². The Morgan fingerprint density at radius 3 is 2.56 bits per heavy atom. The van der Waals surface area contributed by atoms with E-state index in [0.29, 0.717) is 22.2 Å². The van der Waals surface area contributed by atoms with E-state index in [1.54, 1.807) is 66.4 Å². The van der Waals surface area contributed by atoms with Crippen LogP contribution in [0.1, 0.15) is 11.4 Å². The van der Waals surface area contributed by atoms with Gasteiger partial charge in [0, 0.05) is 29.1 Å². The highest BCUT2D eigenvalue weighted by Gasteiger charge is 2.29. The SMILES string of the molecule is Cn1c(CSc2ccc(C(=N)N)cc2)nc2cc(N(CC(=O)O)S(=O)(=O)c3cccc4cccnc34)ccc21. The predicted molar refractivity (Wildman–Crippen MR) is 152 cm³/mol. The summed E-state index contributed by atoms with van der Waals surface area (Å²) in [6, 6.07) is 20.5. The molecule has 0 saturated heterocycles. The number of nitrogens with zero attached hydrogens (tertiary/aromatic N) is 4. The molecule has 12 heteroatoms. The first-order valence-corrected chi connectivity index (χ1v) is 14.2. The van der Waals surface area contributed by atoms with Crippen molar-refractivity contribution in [1.82, 2.24) is 14.5 Å². The zero-order valence-electron chi connectivity index (χ0n) is 20.8. The lowest BCUT2D eigenvalue weighted by molar-refractivity contribution is -0.135. The number of nitrogen functional groups attached to an aromatic ring is 1. The molecule has 2 heterocycles. The molecule has 3 aromatic carbocycles. The van der Waals surface area contributed by atoms with Gasteiger partial charge in [0.25, 0.3) is 10.0 Å². The molecule has 2 aromatic heterocycles. The number of pyridine rings is 1. The van der Waals surface area contributed by atoms with E-state index in [-0.39, 0.29) is 21.9 Å². The molecule has 0 amide bonds. The van der Waals surface area contributed by atoms with Gasteiger partial charge in [-0.15, -0.1) is 11.8 Å². The fourth-order valence-electron chi connectivity index (χ4n) is 4.24. The van der Waals surface area contributed by atoms with Crippen LogP contribution in [-0.4, -0.2) is 46.4 Å². The van der Waals surface area contributed by atoms with Crippen molar-refractivity contribution in [3.8, 4) is 0 Å². The minimum Gasteiger partial charge on any atom is -0.480 e. The van der Waals surface area contributed by atoms with Crippen LogP contribution in [-0.2, 0) is 27.6 Å². The zero-order valence-corrected chi connectivity index (χ0v) is 22.4. The summed E-state index contributed by atoms with van der Waals surface area (Å²) >= 11 is 1.56. The topological polar surface area (TPSA) is 155 Å². The first-order chi connectivity index (χ1) is 18.6. The molecule has 0 aliphatic carbocycles. The average Bonchev–Trinajstić information content (AvgIpc) is 3.24. The summed E-state index contributed by atoms with van der Waals surface area (Å²) in [5, 5.41) is 17.7. The molecule has 0 bridgehead atoms. The van der Waals surface area contributed by atoms with Gasteiger partial charge < -0.3 is 15.4 Å². The van der Waals surface area contributed by atoms with E-state index in [4.69, 9.17) is 16.1 Å². The summed E-state index contributed by atoms with van der Waals surface area (Å²) in [6.07, 6.45) is 1.50. The average molecular weight is 561 g/mol. The smallest absolute Gasteiger partial charge is 0.324 e. The van der Waals surface area contributed by atoms with Gasteiger partial charge >= 0.3 is 5.97 Å². The van der Waals surface area contributed by atoms with E-state index in [1.807, 2.05) is 23.7 Å². The molecule has 0 fully saturated rings. The summed E-state index contributed by atoms with van der Waals surface area (Å²) in [5.74, 6) is 0.0153. The number of nitrogens with one attached hydrogen (secondary N) is 1. The molecule has 4 N–H and O–H groups in total. The van der Waals surface area contributed by atoms with Crippen molar-refractivity contribution in [2.45, 2.75) is 15.5 Å². The number of aryl methyl sites for hydroxylation is 1. The second kappa shape index (κ2) is 10.4. The fraction of sp³-hybridized carbons (Fsp3) is 0.111. The van der Waals surface area contributed by atoms with E-state index in [0.717, 1.165) is 20.5 Å². The summed E-state index contributed by atoms with van der Waals surface area (Å²) in [6.45, 7) is -0.761. The number of amidine groups is 1. The quantitative estimate of drug-likeness (QED) is 0.139. The van der Waals surface area contributed by atoms with Gasteiger partial charge in [-0.05, 0) is 42.5 Å². The molecule has 198 valence electrons. The molecule has 0 aliphatic rings. The number of hydrogen-bond acceptors (Lipinski definition) is 7. The molecular formula is C27H24N6O4S2. The number of hydrogen-bond donors (Lipinski definition) is 3. The van der Waals surface area contributed by atoms with Crippen LogP contribution in [0.4, 0.5) is 5.69 Å². The Labute approximate surface area is 228 Å². The number of rotatable bonds is 9. The van der Waals surface area contributed by atoms with Crippen molar-refractivity contribution >= 4 is 61.2 Å². The Morgan fingerprint density at radius 2 is 1.85 bits per heavy atom. The van der Waals surface area contributed by atoms with E-state index >= 15 is 0 Å². The van der Waals surface area contributed by atoms with Crippen LogP contribution in [0.2, 0.25) is 0 Å². The zero-order chi connectivity index (χ0) is 27.7. The molecule has 5 aromatic rings. The molecule has 5 rings (SSSR count). The lowest BCUT2D eigenvalue weighted by Gasteiger charge is -2.23. The van der Waals surface area contributed by atoms with Gasteiger partial charge in [-0.2, -0.15) is 0 Å². The second-order valence-electron chi connectivity index (χ2n) is 8.72. The van der Waals surface area contributed by atoms with Crippen LogP contribution in [0.3, 0.4) is 0 Å². The molecule has 39 heavy (non-hydrogen) atoms. The third-order valence-corrected chi connectivity index (χ3v) is 9.03. The van der Waals surface area contributed by atoms with Gasteiger partial charge in [0.2, 0.25) is 0 Å². The van der Waals surface area contributed by atoms with Crippen LogP contribution >= 0.6 is 11.8 Å². The van der Waals surface area contributed by atoms with Gasteiger partial charge in [0.1, 0.15) is 23.1 Å². The van der Waals surface area contributed by atoms with E-state index < -0.39 is 22.5 Å². The number of para-hydroxylation sites is 1. The summed E-state index contributed by atoms with van der Waals surface area (Å²) < 4.78 is 30.4. The number of aliphatic carboxylic acids is 1. The highest BCUT2D eigenvalue weighted by atomic mass is 32.2. The number of aromatic nitrogens is 3. The Morgan fingerprint density at radius 1 is 1.10 bits per heavy atom. The maximum absolute atomic E-state index is 13.8. The molecule has 0 spiro atoms. The van der Waals surface area contributed by atoms with E-state index in [9.17, 15) is 18.3 Å². The van der Waals surface area contributed by atoms with E-state index in [1.165, 1.54) is 12.3 Å². The predicted octanol–water partition coefficient (Wildman–Crippen LogP) is 3.98. The van der Waals surface area contributed by atoms with Crippen molar-refractivity contribution in [2.24, 2.45) is 12.8 Å². The number of fused-ring (bicyclic) bond motifs is 2. The van der Waals surface area contributed by atoms with Crippen LogP contribution in [0, 0.1) is 5.41 Å².